The number of nitrogens with zero attached hydrogens (tertiary/aromatic N) is 4. The second kappa shape index (κ2) is 35.4. The van der Waals surface area contributed by atoms with E-state index in [-0.39, 0.29) is 74.3 Å². The van der Waals surface area contributed by atoms with E-state index in [1.54, 1.807) is 54.7 Å². The predicted octanol–water partition coefficient (Wildman–Crippen LogP) is -5.11. The molecule has 0 radical (unpaired) electrons. The number of fused-ring (bicyclic) bond motifs is 1. The van der Waals surface area contributed by atoms with Crippen molar-refractivity contribution in [1.29, 1.82) is 0 Å². The van der Waals surface area contributed by atoms with Gasteiger partial charge in [-0.05, 0) is 49.3 Å². The second-order valence-electron chi connectivity index (χ2n) is 19.7. The fraction of sp³-hybridized carbons (Fsp3) is 0.453. The minimum absolute atomic E-state index is 0.00280. The van der Waals surface area contributed by atoms with Crippen molar-refractivity contribution in [2.24, 2.45) is 43.6 Å². The smallest absolute Gasteiger partial charge is 0.303 e. The number of rotatable bonds is 37. The Balaban J connectivity index is 1.62. The van der Waals surface area contributed by atoms with E-state index in [1.807, 2.05) is 6.07 Å². The van der Waals surface area contributed by atoms with Crippen LogP contribution in [0.5, 0.6) is 0 Å². The average molecular weight is 1240 g/mol. The first-order chi connectivity index (χ1) is 40.9. The van der Waals surface area contributed by atoms with Gasteiger partial charge in [-0.1, -0.05) is 55.1 Å². The molecule has 0 aliphatic carbocycles. The summed E-state index contributed by atoms with van der Waals surface area (Å²) in [6.07, 6.45) is -0.0631. The van der Waals surface area contributed by atoms with Crippen molar-refractivity contribution in [3.05, 3.63) is 84.2 Å². The lowest BCUT2D eigenvalue weighted by Gasteiger charge is -2.28. The molecule has 86 heavy (non-hydrogen) atoms. The Hall–Kier alpha value is -8.95. The van der Waals surface area contributed by atoms with Crippen molar-refractivity contribution in [2.75, 3.05) is 38.2 Å². The number of benzene rings is 2. The number of thiol groups is 2. The third-order valence-electron chi connectivity index (χ3n) is 13.1. The standard InChI is InChI=1S/C53H77N19O12S2/c1-28(63-27-59-2)20-36(67-45(78)34(16-17-42(74)75)66-49(82)40(26-86)64-41(73)24-72-50(83)35(71-53(72)84)15-9-19-61-52(57)58)46(79)68-37(21-29-10-4-3-5-11-29)47(80)65-33(14-8-18-60-51(55)56)44(77)69-38(48(81)70-39(25-85)43(54)76)22-30-23-62-32-13-7-6-12-31(30)32/h3-7,10-13,23,27,33-40,53,62,71,84-86H,1,8-9,14-22,24-26H2,2H3,(H2,54,76)(H,59,63)(H,64,73)(H,65,80)(H,66,82)(H,67,78)(H,68,79)(H,69,77)(H,70,81)(H,74,75)(H4,55,56,60)(H4,57,58,61)/t33-,34-,35-,36-,37+,38-,39-,40-,53?/m0/s1. The van der Waals surface area contributed by atoms with Crippen molar-refractivity contribution in [2.45, 2.75) is 112 Å². The summed E-state index contributed by atoms with van der Waals surface area (Å²) in [6, 6.07) is 4.33. The Morgan fingerprint density at radius 1 is 0.686 bits per heavy atom. The van der Waals surface area contributed by atoms with Gasteiger partial charge < -0.3 is 86.4 Å². The number of aromatic nitrogens is 1. The van der Waals surface area contributed by atoms with Crippen molar-refractivity contribution in [3.8, 4) is 0 Å². The molecule has 9 atom stereocenters. The first-order valence-corrected chi connectivity index (χ1v) is 28.3. The molecule has 2 heterocycles. The van der Waals surface area contributed by atoms with Gasteiger partial charge >= 0.3 is 5.97 Å². The van der Waals surface area contributed by atoms with Crippen LogP contribution in [0.25, 0.3) is 10.9 Å². The number of para-hydroxylation sites is 1. The molecule has 0 bridgehead atoms. The number of aliphatic hydroxyl groups excluding tert-OH is 1. The summed E-state index contributed by atoms with van der Waals surface area (Å²) in [5.74, 6) is -10.4. The maximum absolute atomic E-state index is 14.8. The van der Waals surface area contributed by atoms with Crippen molar-refractivity contribution in [1.82, 2.24) is 57.7 Å². The molecule has 1 aliphatic heterocycles. The third kappa shape index (κ3) is 22.9. The summed E-state index contributed by atoms with van der Waals surface area (Å²) in [5.41, 5.74) is 29.3. The molecular weight excluding hydrogens is 1160 g/mol. The molecule has 1 unspecified atom stereocenters. The number of amides is 9. The number of H-pyrrole nitrogens is 1. The molecule has 4 rings (SSSR count). The van der Waals surface area contributed by atoms with Gasteiger partial charge in [0.1, 0.15) is 48.8 Å². The molecule has 3 aromatic rings. The Labute approximate surface area is 506 Å². The summed E-state index contributed by atoms with van der Waals surface area (Å²) < 4.78 is 0. The quantitative estimate of drug-likeness (QED) is 0.0111. The molecule has 1 aliphatic rings. The van der Waals surface area contributed by atoms with Crippen LogP contribution in [0.3, 0.4) is 0 Å². The van der Waals surface area contributed by atoms with E-state index in [2.05, 4.69) is 99.6 Å². The third-order valence-corrected chi connectivity index (χ3v) is 13.9. The van der Waals surface area contributed by atoms with E-state index in [0.717, 1.165) is 15.8 Å². The SMILES string of the molecule is C=C(C[C@H](NC(=O)[C@H](CCC(=O)O)NC(=O)[C@H](CS)NC(=O)CN1C(=O)[C@H](CCCN=C(N)N)NC1O)C(=O)N[C@H](Cc1ccccc1)C(=O)N[C@@H](CCCN=C(N)N)C(=O)N[C@@H](Cc1c[nH]c2ccccc12)C(=O)N[C@@H](CS)C(N)=O)NC=NC. The number of hydrogen-bond acceptors (Lipinski definition) is 17. The summed E-state index contributed by atoms with van der Waals surface area (Å²) in [7, 11) is 1.44. The van der Waals surface area contributed by atoms with Crippen LogP contribution in [0.1, 0.15) is 56.1 Å². The summed E-state index contributed by atoms with van der Waals surface area (Å²) in [5, 5.41) is 44.3. The highest BCUT2D eigenvalue weighted by Gasteiger charge is 2.40. The maximum atomic E-state index is 14.8. The zero-order valence-corrected chi connectivity index (χ0v) is 49.0. The highest BCUT2D eigenvalue weighted by molar-refractivity contribution is 7.80. The minimum atomic E-state index is -1.69. The van der Waals surface area contributed by atoms with Crippen LogP contribution in [0.2, 0.25) is 0 Å². The minimum Gasteiger partial charge on any atom is -0.481 e. The van der Waals surface area contributed by atoms with Crippen LogP contribution in [-0.2, 0) is 60.8 Å². The van der Waals surface area contributed by atoms with Gasteiger partial charge in [0.05, 0.1) is 12.4 Å². The maximum Gasteiger partial charge on any atom is 0.303 e. The normalized spacial score (nSPS) is 16.2. The number of aliphatic imine (C=N–C) groups is 3. The number of nitrogens with one attached hydrogen (secondary N) is 10. The van der Waals surface area contributed by atoms with Gasteiger partial charge in [-0.25, -0.2) is 0 Å². The highest BCUT2D eigenvalue weighted by atomic mass is 32.1. The van der Waals surface area contributed by atoms with Gasteiger partial charge in [0, 0.05) is 80.1 Å². The number of carbonyl (C=O) groups excluding carboxylic acids is 9. The van der Waals surface area contributed by atoms with E-state index >= 15 is 0 Å². The topological polar surface area (TPSA) is 506 Å². The first kappa shape index (κ1) is 69.5. The monoisotopic (exact) mass is 1240 g/mol. The molecule has 31 nitrogen and oxygen atoms in total. The van der Waals surface area contributed by atoms with E-state index in [0.29, 0.717) is 17.5 Å². The van der Waals surface area contributed by atoms with E-state index in [4.69, 9.17) is 28.7 Å². The van der Waals surface area contributed by atoms with E-state index < -0.39 is 140 Å². The first-order valence-electron chi connectivity index (χ1n) is 27.1. The number of aromatic amines is 1. The van der Waals surface area contributed by atoms with E-state index in [9.17, 15) is 58.2 Å². The molecule has 22 N–H and O–H groups in total. The number of hydrogen-bond donors (Lipinski definition) is 19. The molecule has 1 aromatic heterocycles. The lowest BCUT2D eigenvalue weighted by atomic mass is 10.0. The number of aliphatic carboxylic acids is 1. The Kier molecular flexibility index (Phi) is 28.6. The molecule has 0 saturated carbocycles. The number of primary amides is 1. The van der Waals surface area contributed by atoms with Crippen molar-refractivity contribution >= 4 is 114 Å². The highest BCUT2D eigenvalue weighted by Crippen LogP contribution is 2.20. The molecule has 468 valence electrons. The fourth-order valence-corrected chi connectivity index (χ4v) is 9.26. The molecule has 33 heteroatoms. The summed E-state index contributed by atoms with van der Waals surface area (Å²) in [6.45, 7) is 3.40. The second-order valence-corrected chi connectivity index (χ2v) is 20.5. The van der Waals surface area contributed by atoms with Crippen LogP contribution in [0.4, 0.5) is 0 Å². The molecule has 1 fully saturated rings. The Bertz CT molecular complexity index is 2960. The average Bonchev–Trinajstić information content (AvgIpc) is 3.09. The van der Waals surface area contributed by atoms with Crippen LogP contribution >= 0.6 is 25.3 Å². The zero-order chi connectivity index (χ0) is 63.5. The Morgan fingerprint density at radius 2 is 1.21 bits per heavy atom. The van der Waals surface area contributed by atoms with Crippen molar-refractivity contribution < 1.29 is 58.2 Å². The van der Waals surface area contributed by atoms with E-state index in [1.165, 1.54) is 13.4 Å². The molecule has 2 aromatic carbocycles. The zero-order valence-electron chi connectivity index (χ0n) is 47.2. The molecule has 0 spiro atoms. The van der Waals surface area contributed by atoms with Gasteiger partial charge in [-0.15, -0.1) is 0 Å². The van der Waals surface area contributed by atoms with Crippen LogP contribution in [0.15, 0.2) is 88.0 Å². The Morgan fingerprint density at radius 3 is 1.80 bits per heavy atom. The van der Waals surface area contributed by atoms with Gasteiger partial charge in [0.15, 0.2) is 18.3 Å². The molecule has 9 amide bonds. The largest absolute Gasteiger partial charge is 0.481 e. The number of aliphatic hydroxyl groups is 1. The number of carboxylic acid groups (broad SMARTS) is 1. The number of nitrogens with two attached hydrogens (primary N) is 5. The number of guanidine groups is 2. The summed E-state index contributed by atoms with van der Waals surface area (Å²) in [4.78, 5) is 152. The van der Waals surface area contributed by atoms with Crippen LogP contribution in [0, 0.1) is 0 Å². The van der Waals surface area contributed by atoms with Crippen molar-refractivity contribution in [3.63, 3.8) is 0 Å². The molecular formula is C53H77N19O12S2. The molecule has 1 saturated heterocycles. The lowest BCUT2D eigenvalue weighted by molar-refractivity contribution is -0.141. The number of carboxylic acids is 1. The lowest BCUT2D eigenvalue weighted by Crippen LogP contribution is -2.61. The van der Waals surface area contributed by atoms with Gasteiger partial charge in [-0.3, -0.25) is 73.1 Å². The van der Waals surface area contributed by atoms with Crippen LogP contribution < -0.4 is 76.5 Å². The van der Waals surface area contributed by atoms with Crippen LogP contribution in [-0.4, -0.2) is 190 Å². The van der Waals surface area contributed by atoms with Gasteiger partial charge in [-0.2, -0.15) is 25.3 Å². The summed E-state index contributed by atoms with van der Waals surface area (Å²) >= 11 is 8.33. The predicted molar refractivity (Wildman–Crippen MR) is 325 cm³/mol. The fourth-order valence-electron chi connectivity index (χ4n) is 8.73. The van der Waals surface area contributed by atoms with Gasteiger partial charge in [0.25, 0.3) is 0 Å². The van der Waals surface area contributed by atoms with Gasteiger partial charge in [0.2, 0.25) is 53.2 Å². The number of carbonyl (C=O) groups is 10.